The standard InChI is InChI=1S/C16H13ClN2O4S/c1-24(22,23)8-9-6-11(18)3-5-14(9)19-15(20)12-4-2-10(17)7-13(12)16(19)21/h2-7H,8,18H2,1H3. The summed E-state index contributed by atoms with van der Waals surface area (Å²) < 4.78 is 23.3. The predicted octanol–water partition coefficient (Wildman–Crippen LogP) is 2.27. The van der Waals surface area contributed by atoms with Gasteiger partial charge in [-0.05, 0) is 42.0 Å². The van der Waals surface area contributed by atoms with Crippen LogP contribution in [0.1, 0.15) is 26.3 Å². The van der Waals surface area contributed by atoms with Crippen molar-refractivity contribution in [2.45, 2.75) is 5.75 Å². The summed E-state index contributed by atoms with van der Waals surface area (Å²) in [6.07, 6.45) is 1.07. The largest absolute Gasteiger partial charge is 0.399 e. The van der Waals surface area contributed by atoms with Crippen LogP contribution in [0.5, 0.6) is 0 Å². The van der Waals surface area contributed by atoms with Crippen molar-refractivity contribution in [3.63, 3.8) is 0 Å². The molecular formula is C16H13ClN2O4S. The summed E-state index contributed by atoms with van der Waals surface area (Å²) in [5, 5.41) is 0.338. The Bertz CT molecular complexity index is 986. The van der Waals surface area contributed by atoms with Gasteiger partial charge in [0.2, 0.25) is 0 Å². The highest BCUT2D eigenvalue weighted by Crippen LogP contribution is 2.33. The normalized spacial score (nSPS) is 14.2. The molecule has 0 saturated carbocycles. The number of hydrogen-bond donors (Lipinski definition) is 1. The second-order valence-corrected chi connectivity index (χ2v) is 8.17. The molecule has 8 heteroatoms. The first-order valence-electron chi connectivity index (χ1n) is 6.92. The molecule has 0 spiro atoms. The molecule has 3 rings (SSSR count). The van der Waals surface area contributed by atoms with Crippen LogP contribution in [0.25, 0.3) is 0 Å². The lowest BCUT2D eigenvalue weighted by Crippen LogP contribution is -2.30. The summed E-state index contributed by atoms with van der Waals surface area (Å²) in [7, 11) is -3.38. The molecule has 0 saturated heterocycles. The zero-order valence-corrected chi connectivity index (χ0v) is 14.2. The van der Waals surface area contributed by atoms with E-state index in [1.807, 2.05) is 0 Å². The summed E-state index contributed by atoms with van der Waals surface area (Å²) in [5.74, 6) is -1.40. The van der Waals surface area contributed by atoms with Crippen molar-refractivity contribution >= 4 is 44.6 Å². The minimum Gasteiger partial charge on any atom is -0.399 e. The molecule has 0 aromatic heterocycles. The Kier molecular flexibility index (Phi) is 3.85. The van der Waals surface area contributed by atoms with Crippen molar-refractivity contribution in [3.8, 4) is 0 Å². The lowest BCUT2D eigenvalue weighted by molar-refractivity contribution is 0.0926. The van der Waals surface area contributed by atoms with E-state index in [1.54, 1.807) is 0 Å². The van der Waals surface area contributed by atoms with Crippen LogP contribution in [0.15, 0.2) is 36.4 Å². The molecule has 24 heavy (non-hydrogen) atoms. The molecule has 0 bridgehead atoms. The third-order valence-corrected chi connectivity index (χ3v) is 4.68. The number of fused-ring (bicyclic) bond motifs is 1. The van der Waals surface area contributed by atoms with E-state index in [4.69, 9.17) is 17.3 Å². The summed E-state index contributed by atoms with van der Waals surface area (Å²) in [4.78, 5) is 26.2. The molecule has 0 radical (unpaired) electrons. The van der Waals surface area contributed by atoms with Gasteiger partial charge in [-0.3, -0.25) is 9.59 Å². The fraction of sp³-hybridized carbons (Fsp3) is 0.125. The number of rotatable bonds is 3. The maximum atomic E-state index is 12.6. The highest BCUT2D eigenvalue weighted by atomic mass is 35.5. The first kappa shape index (κ1) is 16.5. The van der Waals surface area contributed by atoms with Crippen molar-refractivity contribution in [1.29, 1.82) is 0 Å². The Balaban J connectivity index is 2.14. The fourth-order valence-corrected chi connectivity index (χ4v) is 3.62. The third kappa shape index (κ3) is 2.88. The number of nitrogens with zero attached hydrogens (tertiary/aromatic N) is 1. The Morgan fingerprint density at radius 2 is 1.71 bits per heavy atom. The molecule has 1 aliphatic rings. The number of anilines is 2. The van der Waals surface area contributed by atoms with Gasteiger partial charge in [0.25, 0.3) is 11.8 Å². The monoisotopic (exact) mass is 364 g/mol. The second kappa shape index (κ2) is 5.61. The van der Waals surface area contributed by atoms with Crippen molar-refractivity contribution in [2.75, 3.05) is 16.9 Å². The topological polar surface area (TPSA) is 97.5 Å². The van der Waals surface area contributed by atoms with Gasteiger partial charge in [0, 0.05) is 17.0 Å². The van der Waals surface area contributed by atoms with Gasteiger partial charge < -0.3 is 5.73 Å². The fourth-order valence-electron chi connectivity index (χ4n) is 2.65. The van der Waals surface area contributed by atoms with Crippen LogP contribution in [0.3, 0.4) is 0 Å². The van der Waals surface area contributed by atoms with Crippen LogP contribution in [-0.2, 0) is 15.6 Å². The summed E-state index contributed by atoms with van der Waals surface area (Å²) >= 11 is 5.89. The molecule has 2 aromatic carbocycles. The molecule has 0 atom stereocenters. The van der Waals surface area contributed by atoms with Crippen LogP contribution in [0.4, 0.5) is 11.4 Å². The van der Waals surface area contributed by atoms with Crippen molar-refractivity contribution in [2.24, 2.45) is 0 Å². The molecule has 2 aromatic rings. The molecule has 124 valence electrons. The van der Waals surface area contributed by atoms with Crippen LogP contribution in [0, 0.1) is 0 Å². The molecule has 0 fully saturated rings. The van der Waals surface area contributed by atoms with Crippen LogP contribution >= 0.6 is 11.6 Å². The zero-order valence-electron chi connectivity index (χ0n) is 12.6. The number of hydrogen-bond acceptors (Lipinski definition) is 5. The maximum absolute atomic E-state index is 12.6. The van der Waals surface area contributed by atoms with Crippen LogP contribution in [-0.4, -0.2) is 26.5 Å². The van der Waals surface area contributed by atoms with Gasteiger partial charge in [-0.2, -0.15) is 0 Å². The third-order valence-electron chi connectivity index (χ3n) is 3.61. The molecule has 1 aliphatic heterocycles. The average Bonchev–Trinajstić information content (AvgIpc) is 2.70. The number of imide groups is 1. The highest BCUT2D eigenvalue weighted by molar-refractivity contribution is 7.89. The first-order valence-corrected chi connectivity index (χ1v) is 9.36. The number of halogens is 1. The number of amides is 2. The summed E-state index contributed by atoms with van der Waals surface area (Å²) in [6, 6.07) is 8.86. The van der Waals surface area contributed by atoms with Gasteiger partial charge in [0.05, 0.1) is 22.6 Å². The second-order valence-electron chi connectivity index (χ2n) is 5.59. The van der Waals surface area contributed by atoms with Crippen molar-refractivity contribution in [1.82, 2.24) is 0 Å². The predicted molar refractivity (Wildman–Crippen MR) is 92.0 cm³/mol. The molecule has 0 unspecified atom stereocenters. The molecular weight excluding hydrogens is 352 g/mol. The Hall–Kier alpha value is -2.38. The SMILES string of the molecule is CS(=O)(=O)Cc1cc(N)ccc1N1C(=O)c2ccc(Cl)cc2C1=O. The number of sulfone groups is 1. The van der Waals surface area contributed by atoms with Crippen LogP contribution in [0.2, 0.25) is 5.02 Å². The van der Waals surface area contributed by atoms with E-state index in [-0.39, 0.29) is 28.1 Å². The summed E-state index contributed by atoms with van der Waals surface area (Å²) in [5.41, 5.74) is 6.98. The molecule has 1 heterocycles. The lowest BCUT2D eigenvalue weighted by atomic mass is 10.1. The number of nitrogens with two attached hydrogens (primary N) is 1. The molecule has 0 aliphatic carbocycles. The average molecular weight is 365 g/mol. The molecule has 6 nitrogen and oxygen atoms in total. The number of carbonyl (C=O) groups is 2. The lowest BCUT2D eigenvalue weighted by Gasteiger charge is -2.18. The van der Waals surface area contributed by atoms with E-state index in [2.05, 4.69) is 0 Å². The van der Waals surface area contributed by atoms with E-state index in [0.29, 0.717) is 10.7 Å². The number of nitrogen functional groups attached to an aromatic ring is 1. The van der Waals surface area contributed by atoms with E-state index in [9.17, 15) is 18.0 Å². The van der Waals surface area contributed by atoms with Gasteiger partial charge >= 0.3 is 0 Å². The first-order chi connectivity index (χ1) is 11.2. The van der Waals surface area contributed by atoms with Crippen LogP contribution < -0.4 is 10.6 Å². The van der Waals surface area contributed by atoms with Gasteiger partial charge in [-0.25, -0.2) is 13.3 Å². The van der Waals surface area contributed by atoms with E-state index >= 15 is 0 Å². The zero-order chi connectivity index (χ0) is 17.6. The minimum atomic E-state index is -3.38. The minimum absolute atomic E-state index is 0.189. The maximum Gasteiger partial charge on any atom is 0.266 e. The van der Waals surface area contributed by atoms with E-state index < -0.39 is 21.7 Å². The smallest absolute Gasteiger partial charge is 0.266 e. The Labute approximate surface area is 143 Å². The number of carbonyl (C=O) groups excluding carboxylic acids is 2. The van der Waals surface area contributed by atoms with E-state index in [1.165, 1.54) is 36.4 Å². The highest BCUT2D eigenvalue weighted by Gasteiger charge is 2.38. The summed E-state index contributed by atoms with van der Waals surface area (Å²) in [6.45, 7) is 0. The Morgan fingerprint density at radius 1 is 1.04 bits per heavy atom. The van der Waals surface area contributed by atoms with E-state index in [0.717, 1.165) is 11.2 Å². The van der Waals surface area contributed by atoms with Gasteiger partial charge in [0.15, 0.2) is 9.84 Å². The Morgan fingerprint density at radius 3 is 2.38 bits per heavy atom. The van der Waals surface area contributed by atoms with Gasteiger partial charge in [-0.15, -0.1) is 0 Å². The number of benzene rings is 2. The molecule has 2 amide bonds. The van der Waals surface area contributed by atoms with Gasteiger partial charge in [0.1, 0.15) is 0 Å². The van der Waals surface area contributed by atoms with Crippen molar-refractivity contribution < 1.29 is 18.0 Å². The quantitative estimate of drug-likeness (QED) is 0.665. The molecule has 2 N–H and O–H groups in total. The van der Waals surface area contributed by atoms with Gasteiger partial charge in [-0.1, -0.05) is 11.6 Å². The van der Waals surface area contributed by atoms with Crippen molar-refractivity contribution in [3.05, 3.63) is 58.1 Å².